The van der Waals surface area contributed by atoms with Gasteiger partial charge in [-0.25, -0.2) is 8.78 Å². The number of benzene rings is 2. The van der Waals surface area contributed by atoms with Gasteiger partial charge in [0.05, 0.1) is 13.2 Å². The van der Waals surface area contributed by atoms with Gasteiger partial charge in [-0.2, -0.15) is 0 Å². The SMILES string of the molecule is COC1(c2ccc(Cl)c(Cc3ccc(OCCOCC(F)F)cc3)c2)OC(CO)C(O)C(O)C1O. The fourth-order valence-corrected chi connectivity index (χ4v) is 4.09. The van der Waals surface area contributed by atoms with E-state index in [0.29, 0.717) is 28.3 Å². The zero-order valence-electron chi connectivity index (χ0n) is 19.0. The Morgan fingerprint density at radius 3 is 2.40 bits per heavy atom. The van der Waals surface area contributed by atoms with Gasteiger partial charge in [0.1, 0.15) is 43.4 Å². The maximum absolute atomic E-state index is 12.1. The number of aliphatic hydroxyl groups excluding tert-OH is 4. The normalized spacial score (nSPS) is 26.8. The Balaban J connectivity index is 1.73. The molecule has 8 nitrogen and oxygen atoms in total. The summed E-state index contributed by atoms with van der Waals surface area (Å²) in [4.78, 5) is 0. The number of alkyl halides is 2. The summed E-state index contributed by atoms with van der Waals surface area (Å²) >= 11 is 6.40. The molecule has 5 unspecified atom stereocenters. The van der Waals surface area contributed by atoms with Gasteiger partial charge in [0.15, 0.2) is 0 Å². The summed E-state index contributed by atoms with van der Waals surface area (Å²) in [5.41, 5.74) is 1.90. The lowest BCUT2D eigenvalue weighted by Crippen LogP contribution is -2.64. The van der Waals surface area contributed by atoms with Crippen molar-refractivity contribution in [1.82, 2.24) is 0 Å². The summed E-state index contributed by atoms with van der Waals surface area (Å²) < 4.78 is 45.6. The summed E-state index contributed by atoms with van der Waals surface area (Å²) in [5, 5.41) is 41.1. The number of halogens is 3. The van der Waals surface area contributed by atoms with E-state index in [9.17, 15) is 29.2 Å². The molecule has 3 rings (SSSR count). The van der Waals surface area contributed by atoms with Gasteiger partial charge in [-0.3, -0.25) is 0 Å². The number of methoxy groups -OCH3 is 1. The van der Waals surface area contributed by atoms with Crippen molar-refractivity contribution in [2.24, 2.45) is 0 Å². The first-order chi connectivity index (χ1) is 16.7. The van der Waals surface area contributed by atoms with Gasteiger partial charge in [0.2, 0.25) is 5.79 Å². The molecule has 4 N–H and O–H groups in total. The molecule has 5 atom stereocenters. The van der Waals surface area contributed by atoms with E-state index in [1.807, 2.05) is 12.1 Å². The molecule has 1 aliphatic rings. The summed E-state index contributed by atoms with van der Waals surface area (Å²) in [6.07, 6.45) is -8.05. The second-order valence-corrected chi connectivity index (χ2v) is 8.49. The molecular weight excluding hydrogens is 490 g/mol. The molecule has 35 heavy (non-hydrogen) atoms. The minimum absolute atomic E-state index is 0.0481. The van der Waals surface area contributed by atoms with Crippen LogP contribution in [0, 0.1) is 0 Å². The van der Waals surface area contributed by atoms with Gasteiger partial charge < -0.3 is 39.4 Å². The highest BCUT2D eigenvalue weighted by Crippen LogP contribution is 2.40. The van der Waals surface area contributed by atoms with Crippen LogP contribution in [0.1, 0.15) is 16.7 Å². The third kappa shape index (κ3) is 6.46. The summed E-state index contributed by atoms with van der Waals surface area (Å²) in [6, 6.07) is 11.9. The van der Waals surface area contributed by atoms with Crippen LogP contribution in [0.25, 0.3) is 0 Å². The molecule has 194 valence electrons. The number of aliphatic hydroxyl groups is 4. The summed E-state index contributed by atoms with van der Waals surface area (Å²) in [7, 11) is 1.29. The second kappa shape index (κ2) is 12.4. The van der Waals surface area contributed by atoms with Crippen LogP contribution in [0.15, 0.2) is 42.5 Å². The van der Waals surface area contributed by atoms with Crippen molar-refractivity contribution in [3.05, 3.63) is 64.2 Å². The minimum atomic E-state index is -2.51. The molecular formula is C24H29ClF2O8. The molecule has 0 aliphatic carbocycles. The van der Waals surface area contributed by atoms with E-state index in [4.69, 9.17) is 30.5 Å². The van der Waals surface area contributed by atoms with Crippen molar-refractivity contribution in [2.75, 3.05) is 33.5 Å². The van der Waals surface area contributed by atoms with Crippen molar-refractivity contribution < 1.29 is 48.2 Å². The number of hydrogen-bond acceptors (Lipinski definition) is 8. The van der Waals surface area contributed by atoms with Gasteiger partial charge in [0.25, 0.3) is 6.43 Å². The maximum atomic E-state index is 12.1. The molecule has 0 aromatic heterocycles. The van der Waals surface area contributed by atoms with Gasteiger partial charge in [-0.15, -0.1) is 0 Å². The molecule has 2 aromatic carbocycles. The number of rotatable bonds is 11. The van der Waals surface area contributed by atoms with Crippen molar-refractivity contribution in [3.63, 3.8) is 0 Å². The lowest BCUT2D eigenvalue weighted by atomic mass is 9.87. The first-order valence-electron chi connectivity index (χ1n) is 11.0. The molecule has 0 amide bonds. The number of hydrogen-bond donors (Lipinski definition) is 4. The Bertz CT molecular complexity index is 946. The smallest absolute Gasteiger partial charge is 0.261 e. The zero-order chi connectivity index (χ0) is 25.6. The molecule has 2 aromatic rings. The van der Waals surface area contributed by atoms with E-state index in [1.165, 1.54) is 7.11 Å². The maximum Gasteiger partial charge on any atom is 0.261 e. The third-order valence-electron chi connectivity index (χ3n) is 5.76. The average molecular weight is 519 g/mol. The summed E-state index contributed by atoms with van der Waals surface area (Å²) in [6.45, 7) is -1.04. The highest BCUT2D eigenvalue weighted by molar-refractivity contribution is 6.31. The number of ether oxygens (including phenoxy) is 4. The van der Waals surface area contributed by atoms with Gasteiger partial charge in [-0.1, -0.05) is 29.8 Å². The topological polar surface area (TPSA) is 118 Å². The van der Waals surface area contributed by atoms with Crippen LogP contribution in [0.3, 0.4) is 0 Å². The molecule has 11 heteroatoms. The van der Waals surface area contributed by atoms with Crippen molar-refractivity contribution in [1.29, 1.82) is 0 Å². The van der Waals surface area contributed by atoms with Gasteiger partial charge in [0, 0.05) is 17.7 Å². The van der Waals surface area contributed by atoms with Crippen LogP contribution in [0.2, 0.25) is 5.02 Å². The fourth-order valence-electron chi connectivity index (χ4n) is 3.91. The lowest BCUT2D eigenvalue weighted by Gasteiger charge is -2.47. The molecule has 0 bridgehead atoms. The van der Waals surface area contributed by atoms with Crippen LogP contribution in [0.5, 0.6) is 5.75 Å². The second-order valence-electron chi connectivity index (χ2n) is 8.08. The summed E-state index contributed by atoms with van der Waals surface area (Å²) in [5.74, 6) is -1.29. The quantitative estimate of drug-likeness (QED) is 0.333. The first kappa shape index (κ1) is 27.7. The van der Waals surface area contributed by atoms with E-state index in [1.54, 1.807) is 30.3 Å². The van der Waals surface area contributed by atoms with Crippen LogP contribution >= 0.6 is 11.6 Å². The molecule has 1 saturated heterocycles. The predicted octanol–water partition coefficient (Wildman–Crippen LogP) is 1.86. The lowest BCUT2D eigenvalue weighted by molar-refractivity contribution is -0.366. The Morgan fingerprint density at radius 2 is 1.77 bits per heavy atom. The van der Waals surface area contributed by atoms with Gasteiger partial charge in [-0.05, 0) is 41.8 Å². The zero-order valence-corrected chi connectivity index (χ0v) is 19.8. The van der Waals surface area contributed by atoms with E-state index < -0.39 is 49.8 Å². The van der Waals surface area contributed by atoms with E-state index in [2.05, 4.69) is 0 Å². The van der Waals surface area contributed by atoms with E-state index >= 15 is 0 Å². The van der Waals surface area contributed by atoms with Crippen LogP contribution in [-0.4, -0.2) is 84.8 Å². The van der Waals surface area contributed by atoms with Crippen LogP contribution in [-0.2, 0) is 26.4 Å². The Kier molecular flexibility index (Phi) is 9.79. The molecule has 1 aliphatic heterocycles. The molecule has 1 fully saturated rings. The monoisotopic (exact) mass is 518 g/mol. The predicted molar refractivity (Wildman–Crippen MR) is 122 cm³/mol. The van der Waals surface area contributed by atoms with Crippen molar-refractivity contribution in [2.45, 2.75) is 43.0 Å². The van der Waals surface area contributed by atoms with Crippen molar-refractivity contribution in [3.8, 4) is 5.75 Å². The fraction of sp³-hybridized carbons (Fsp3) is 0.500. The molecule has 1 heterocycles. The standard InChI is InChI=1S/C24H29ClF2O8/c1-32-24(23(31)22(30)21(29)19(12-28)35-24)16-4-7-18(25)15(11-16)10-14-2-5-17(6-3-14)34-9-8-33-13-20(26)27/h2-7,11,19-23,28-31H,8-10,12-13H2,1H3. The molecule has 0 radical (unpaired) electrons. The Morgan fingerprint density at radius 1 is 1.06 bits per heavy atom. The average Bonchev–Trinajstić information content (AvgIpc) is 2.85. The van der Waals surface area contributed by atoms with E-state index in [-0.39, 0.29) is 13.2 Å². The highest BCUT2D eigenvalue weighted by atomic mass is 35.5. The van der Waals surface area contributed by atoms with Crippen LogP contribution < -0.4 is 4.74 Å². The molecule has 0 saturated carbocycles. The molecule has 0 spiro atoms. The van der Waals surface area contributed by atoms with E-state index in [0.717, 1.165) is 5.56 Å². The van der Waals surface area contributed by atoms with Crippen molar-refractivity contribution >= 4 is 11.6 Å². The van der Waals surface area contributed by atoms with Gasteiger partial charge >= 0.3 is 0 Å². The highest BCUT2D eigenvalue weighted by Gasteiger charge is 2.55. The third-order valence-corrected chi connectivity index (χ3v) is 6.13. The largest absolute Gasteiger partial charge is 0.491 e. The first-order valence-corrected chi connectivity index (χ1v) is 11.3. The minimum Gasteiger partial charge on any atom is -0.491 e. The Hall–Kier alpha value is -1.89. The Labute approximate surface area is 206 Å². The van der Waals surface area contributed by atoms with Crippen LogP contribution in [0.4, 0.5) is 8.78 Å².